The lowest BCUT2D eigenvalue weighted by molar-refractivity contribution is -0.141. The summed E-state index contributed by atoms with van der Waals surface area (Å²) in [7, 11) is 0. The first-order valence-corrected chi connectivity index (χ1v) is 11.1. The van der Waals surface area contributed by atoms with Gasteiger partial charge in [0.1, 0.15) is 5.82 Å². The molecule has 1 aromatic carbocycles. The third-order valence-electron chi connectivity index (χ3n) is 6.45. The second kappa shape index (κ2) is 8.37. The lowest BCUT2D eigenvalue weighted by Gasteiger charge is -2.30. The van der Waals surface area contributed by atoms with Crippen LogP contribution in [0.5, 0.6) is 0 Å². The Bertz CT molecular complexity index is 1160. The number of hydrogen-bond acceptors (Lipinski definition) is 5. The van der Waals surface area contributed by atoms with Gasteiger partial charge in [-0.1, -0.05) is 26.7 Å². The topological polar surface area (TPSA) is 110 Å². The van der Waals surface area contributed by atoms with Crippen molar-refractivity contribution < 1.29 is 32.3 Å². The summed E-state index contributed by atoms with van der Waals surface area (Å²) in [5.41, 5.74) is 2.35. The largest absolute Gasteiger partial charge is 0.435 e. The van der Waals surface area contributed by atoms with E-state index in [0.717, 1.165) is 23.6 Å². The van der Waals surface area contributed by atoms with Gasteiger partial charge in [-0.2, -0.15) is 18.3 Å². The zero-order valence-corrected chi connectivity index (χ0v) is 18.8. The summed E-state index contributed by atoms with van der Waals surface area (Å²) in [6.45, 7) is 3.51. The summed E-state index contributed by atoms with van der Waals surface area (Å²) in [5.74, 6) is -2.79. The van der Waals surface area contributed by atoms with E-state index in [4.69, 9.17) is 5.73 Å². The molecule has 1 saturated carbocycles. The van der Waals surface area contributed by atoms with Gasteiger partial charge in [0, 0.05) is 12.5 Å². The maximum absolute atomic E-state index is 15.1. The zero-order valence-electron chi connectivity index (χ0n) is 18.8. The van der Waals surface area contributed by atoms with Crippen LogP contribution in [-0.2, 0) is 12.6 Å². The minimum atomic E-state index is -4.88. The highest BCUT2D eigenvalue weighted by Crippen LogP contribution is 2.42. The number of alkyl halides is 3. The molecule has 4 rings (SSSR count). The van der Waals surface area contributed by atoms with Gasteiger partial charge in [-0.15, -0.1) is 0 Å². The van der Waals surface area contributed by atoms with Crippen LogP contribution in [0, 0.1) is 11.2 Å². The van der Waals surface area contributed by atoms with Crippen molar-refractivity contribution in [2.24, 2.45) is 11.1 Å². The molecule has 1 aromatic heterocycles. The fourth-order valence-electron chi connectivity index (χ4n) is 4.92. The van der Waals surface area contributed by atoms with Gasteiger partial charge >= 0.3 is 6.18 Å². The lowest BCUT2D eigenvalue weighted by Crippen LogP contribution is -2.37. The van der Waals surface area contributed by atoms with Crippen LogP contribution in [0.2, 0.25) is 0 Å². The van der Waals surface area contributed by atoms with E-state index >= 15 is 4.39 Å². The number of halogens is 4. The lowest BCUT2D eigenvalue weighted by atomic mass is 9.75. The van der Waals surface area contributed by atoms with Crippen molar-refractivity contribution in [3.63, 3.8) is 0 Å². The van der Waals surface area contributed by atoms with Crippen LogP contribution >= 0.6 is 0 Å². The van der Waals surface area contributed by atoms with Gasteiger partial charge in [-0.05, 0) is 30.7 Å². The number of aromatic nitrogens is 2. The Kier molecular flexibility index (Phi) is 5.95. The normalized spacial score (nSPS) is 22.4. The molecule has 2 aliphatic rings. The third kappa shape index (κ3) is 4.40. The Morgan fingerprint density at radius 1 is 1.24 bits per heavy atom. The minimum absolute atomic E-state index is 0.0310. The first kappa shape index (κ1) is 24.2. The molecule has 34 heavy (non-hydrogen) atoms. The number of aliphatic hydroxyl groups is 1. The molecule has 0 unspecified atom stereocenters. The fourth-order valence-corrected chi connectivity index (χ4v) is 4.92. The van der Waals surface area contributed by atoms with E-state index in [9.17, 15) is 27.9 Å². The molecule has 1 fully saturated rings. The van der Waals surface area contributed by atoms with E-state index in [1.54, 1.807) is 13.8 Å². The number of rotatable bonds is 4. The van der Waals surface area contributed by atoms with E-state index < -0.39 is 58.1 Å². The van der Waals surface area contributed by atoms with E-state index in [0.29, 0.717) is 12.8 Å². The van der Waals surface area contributed by atoms with Crippen molar-refractivity contribution in [2.75, 3.05) is 5.32 Å². The highest BCUT2D eigenvalue weighted by Gasteiger charge is 2.45. The summed E-state index contributed by atoms with van der Waals surface area (Å²) in [6, 6.07) is 1.67. The molecule has 2 aromatic rings. The van der Waals surface area contributed by atoms with E-state index in [1.165, 1.54) is 6.07 Å². The molecule has 7 nitrogen and oxygen atoms in total. The van der Waals surface area contributed by atoms with Crippen LogP contribution in [-0.4, -0.2) is 38.7 Å². The second-order valence-electron chi connectivity index (χ2n) is 9.84. The Morgan fingerprint density at radius 3 is 2.53 bits per heavy atom. The number of Topliss-reactive ketones (excluding diaryl/α,β-unsaturated/α-hetero) is 1. The molecular formula is C23H26F4N4O3. The number of anilines is 1. The molecule has 1 heterocycles. The van der Waals surface area contributed by atoms with E-state index in [-0.39, 0.29) is 29.9 Å². The van der Waals surface area contributed by atoms with Crippen molar-refractivity contribution in [3.8, 4) is 5.69 Å². The van der Waals surface area contributed by atoms with Crippen LogP contribution in [0.4, 0.5) is 23.2 Å². The molecule has 0 radical (unpaired) electrons. The molecule has 184 valence electrons. The molecule has 0 spiro atoms. The number of carbonyl (C=O) groups excluding carboxylic acids is 2. The highest BCUT2D eigenvalue weighted by molar-refractivity contribution is 6.01. The molecule has 1 amide bonds. The van der Waals surface area contributed by atoms with Gasteiger partial charge in [-0.25, -0.2) is 9.07 Å². The summed E-state index contributed by atoms with van der Waals surface area (Å²) in [4.78, 5) is 24.6. The van der Waals surface area contributed by atoms with Crippen molar-refractivity contribution in [1.29, 1.82) is 0 Å². The molecule has 2 atom stereocenters. The maximum Gasteiger partial charge on any atom is 0.435 e. The van der Waals surface area contributed by atoms with Crippen LogP contribution < -0.4 is 11.1 Å². The first-order chi connectivity index (χ1) is 15.8. The third-order valence-corrected chi connectivity index (χ3v) is 6.45. The van der Waals surface area contributed by atoms with Gasteiger partial charge in [0.05, 0.1) is 40.3 Å². The van der Waals surface area contributed by atoms with E-state index in [1.807, 2.05) is 0 Å². The summed E-state index contributed by atoms with van der Waals surface area (Å²) < 4.78 is 57.2. The Labute approximate surface area is 193 Å². The molecule has 4 N–H and O–H groups in total. The van der Waals surface area contributed by atoms with Crippen LogP contribution in [0.15, 0.2) is 12.1 Å². The van der Waals surface area contributed by atoms with Crippen molar-refractivity contribution in [2.45, 2.75) is 70.7 Å². The molecule has 2 aliphatic carbocycles. The number of aliphatic hydroxyl groups excluding tert-OH is 1. The van der Waals surface area contributed by atoms with Crippen molar-refractivity contribution in [3.05, 3.63) is 40.5 Å². The highest BCUT2D eigenvalue weighted by atomic mass is 19.4. The zero-order chi connectivity index (χ0) is 25.0. The summed E-state index contributed by atoms with van der Waals surface area (Å²) >= 11 is 0. The number of nitrogens with two attached hydrogens (primary N) is 1. The fraction of sp³-hybridized carbons (Fsp3) is 0.522. The number of nitrogens with zero attached hydrogens (tertiary/aromatic N) is 2. The Balaban J connectivity index is 1.89. The Morgan fingerprint density at radius 2 is 1.91 bits per heavy atom. The molecule has 0 bridgehead atoms. The van der Waals surface area contributed by atoms with Gasteiger partial charge in [0.25, 0.3) is 5.91 Å². The van der Waals surface area contributed by atoms with Crippen molar-refractivity contribution >= 4 is 17.4 Å². The smallest absolute Gasteiger partial charge is 0.391 e. The summed E-state index contributed by atoms with van der Waals surface area (Å²) in [5, 5.41) is 16.9. The number of fused-ring (bicyclic) bond motifs is 1. The standard InChI is InChI=1S/C23H26F4N4O3/c1-22(2)9-15-19(17(33)10-22)20(23(25,26)27)30-31(15)11-7-12(24)18(21(28)34)14(8-11)29-13-5-3-4-6-16(13)32/h7-8,13,16,29,32H,3-6,9-10H2,1-2H3,(H2,28,34)/t13-,16-/m0/s1. The van der Waals surface area contributed by atoms with Crippen LogP contribution in [0.3, 0.4) is 0 Å². The second-order valence-corrected chi connectivity index (χ2v) is 9.84. The summed E-state index contributed by atoms with van der Waals surface area (Å²) in [6.07, 6.45) is -2.88. The average molecular weight is 482 g/mol. The van der Waals surface area contributed by atoms with Gasteiger partial charge in [0.2, 0.25) is 0 Å². The number of carbonyl (C=O) groups is 2. The molecular weight excluding hydrogens is 456 g/mol. The molecule has 0 aliphatic heterocycles. The van der Waals surface area contributed by atoms with Crippen molar-refractivity contribution in [1.82, 2.24) is 9.78 Å². The maximum atomic E-state index is 15.1. The first-order valence-electron chi connectivity index (χ1n) is 11.1. The van der Waals surface area contributed by atoms with Gasteiger partial charge in [0.15, 0.2) is 11.5 Å². The van der Waals surface area contributed by atoms with E-state index in [2.05, 4.69) is 10.4 Å². The number of hydrogen-bond donors (Lipinski definition) is 3. The number of amides is 1. The van der Waals surface area contributed by atoms with Crippen LogP contribution in [0.1, 0.15) is 78.1 Å². The number of ketones is 1. The average Bonchev–Trinajstić information content (AvgIpc) is 3.08. The van der Waals surface area contributed by atoms with Crippen LogP contribution in [0.25, 0.3) is 5.69 Å². The quantitative estimate of drug-likeness (QED) is 0.571. The van der Waals surface area contributed by atoms with Gasteiger partial charge in [-0.3, -0.25) is 9.59 Å². The number of primary amides is 1. The predicted octanol–water partition coefficient (Wildman–Crippen LogP) is 4.00. The monoisotopic (exact) mass is 482 g/mol. The van der Waals surface area contributed by atoms with Gasteiger partial charge < -0.3 is 16.2 Å². The number of benzene rings is 1. The number of nitrogens with one attached hydrogen (secondary N) is 1. The molecule has 0 saturated heterocycles. The SMILES string of the molecule is CC1(C)CC(=O)c2c(C(F)(F)F)nn(-c3cc(F)c(C(N)=O)c(N[C@H]4CCCC[C@@H]4O)c3)c2C1. The molecule has 11 heteroatoms. The minimum Gasteiger partial charge on any atom is -0.391 e. The predicted molar refractivity (Wildman–Crippen MR) is 115 cm³/mol. The Hall–Kier alpha value is -2.95.